The summed E-state index contributed by atoms with van der Waals surface area (Å²) < 4.78 is 74.3. The molecule has 1 heterocycles. The molecular weight excluding hydrogens is 517 g/mol. The number of halogens is 4. The van der Waals surface area contributed by atoms with Crippen molar-refractivity contribution in [1.29, 1.82) is 0 Å². The molecule has 1 unspecified atom stereocenters. The van der Waals surface area contributed by atoms with E-state index in [2.05, 4.69) is 0 Å². The summed E-state index contributed by atoms with van der Waals surface area (Å²) >= 11 is 5.97. The van der Waals surface area contributed by atoms with E-state index in [1.807, 2.05) is 11.8 Å². The maximum atomic E-state index is 15.6. The van der Waals surface area contributed by atoms with Crippen molar-refractivity contribution in [1.82, 2.24) is 9.62 Å². The van der Waals surface area contributed by atoms with E-state index < -0.39 is 38.8 Å². The number of benzene rings is 2. The number of ether oxygens (including phenoxy) is 1. The summed E-state index contributed by atoms with van der Waals surface area (Å²) in [6, 6.07) is 6.53. The van der Waals surface area contributed by atoms with Gasteiger partial charge in [0.15, 0.2) is 0 Å². The van der Waals surface area contributed by atoms with Gasteiger partial charge >= 0.3 is 0 Å². The van der Waals surface area contributed by atoms with Gasteiger partial charge in [0.1, 0.15) is 29.7 Å². The molecule has 6 nitrogen and oxygen atoms in total. The third-order valence-electron chi connectivity index (χ3n) is 6.73. The summed E-state index contributed by atoms with van der Waals surface area (Å²) in [6.07, 6.45) is 2.79. The Morgan fingerprint density at radius 2 is 1.86 bits per heavy atom. The van der Waals surface area contributed by atoms with Crippen molar-refractivity contribution in [2.75, 3.05) is 26.0 Å². The molecule has 1 atom stereocenters. The number of piperidine rings is 1. The maximum Gasteiger partial charge on any atom is 0.267 e. The second-order valence-electron chi connectivity index (χ2n) is 9.70. The van der Waals surface area contributed by atoms with Crippen LogP contribution in [0.3, 0.4) is 0 Å². The number of amides is 1. The minimum Gasteiger partial charge on any atom is -0.490 e. The quantitative estimate of drug-likeness (QED) is 0.499. The van der Waals surface area contributed by atoms with Gasteiger partial charge in [-0.3, -0.25) is 9.69 Å². The Bertz CT molecular complexity index is 1240. The summed E-state index contributed by atoms with van der Waals surface area (Å²) in [5.74, 6) is -2.23. The van der Waals surface area contributed by atoms with Gasteiger partial charge in [0.05, 0.1) is 11.8 Å². The molecule has 2 aromatic carbocycles. The molecule has 1 amide bonds. The number of alkyl halides is 1. The molecule has 1 saturated heterocycles. The molecular formula is C25H28ClF3N2O4S. The van der Waals surface area contributed by atoms with Gasteiger partial charge in [-0.2, -0.15) is 0 Å². The third kappa shape index (κ3) is 6.52. The second kappa shape index (κ2) is 10.2. The highest BCUT2D eigenvalue weighted by atomic mass is 35.5. The zero-order valence-electron chi connectivity index (χ0n) is 20.0. The largest absolute Gasteiger partial charge is 0.490 e. The number of nitrogens with zero attached hydrogens (tertiary/aromatic N) is 1. The first-order valence-corrected chi connectivity index (χ1v) is 14.0. The minimum absolute atomic E-state index is 0.0433. The number of nitrogens with one attached hydrogen (secondary N) is 1. The summed E-state index contributed by atoms with van der Waals surface area (Å²) in [4.78, 5) is 14.3. The average Bonchev–Trinajstić information content (AvgIpc) is 3.61. The molecule has 4 rings (SSSR count). The lowest BCUT2D eigenvalue weighted by Gasteiger charge is -2.39. The monoisotopic (exact) mass is 544 g/mol. The summed E-state index contributed by atoms with van der Waals surface area (Å²) in [7, 11) is -3.86. The minimum atomic E-state index is -3.86. The number of likely N-dealkylation sites (tertiary alicyclic amines) is 1. The Balaban J connectivity index is 1.42. The fourth-order valence-electron chi connectivity index (χ4n) is 4.50. The summed E-state index contributed by atoms with van der Waals surface area (Å²) in [5.41, 5.74) is -0.761. The Morgan fingerprint density at radius 1 is 1.19 bits per heavy atom. The first-order chi connectivity index (χ1) is 16.8. The van der Waals surface area contributed by atoms with E-state index in [0.717, 1.165) is 25.2 Å². The normalized spacial score (nSPS) is 19.1. The van der Waals surface area contributed by atoms with Crippen LogP contribution in [0.15, 0.2) is 30.3 Å². The number of hydrogen-bond donors (Lipinski definition) is 1. The van der Waals surface area contributed by atoms with E-state index >= 15 is 4.39 Å². The lowest BCUT2D eigenvalue weighted by Crippen LogP contribution is -2.45. The number of carbonyl (C=O) groups excluding carboxylic acids is 1. The number of carbonyl (C=O) groups is 1. The van der Waals surface area contributed by atoms with Crippen molar-refractivity contribution >= 4 is 27.5 Å². The lowest BCUT2D eigenvalue weighted by atomic mass is 9.92. The predicted molar refractivity (Wildman–Crippen MR) is 131 cm³/mol. The van der Waals surface area contributed by atoms with Crippen LogP contribution in [0.25, 0.3) is 0 Å². The summed E-state index contributed by atoms with van der Waals surface area (Å²) in [6.45, 7) is 2.47. The van der Waals surface area contributed by atoms with Crippen LogP contribution in [0, 0.1) is 11.6 Å². The van der Waals surface area contributed by atoms with Gasteiger partial charge in [-0.15, -0.1) is 0 Å². The molecule has 2 aromatic rings. The van der Waals surface area contributed by atoms with Gasteiger partial charge in [-0.1, -0.05) is 11.6 Å². The number of rotatable bonds is 8. The molecule has 36 heavy (non-hydrogen) atoms. The molecule has 0 radical (unpaired) electrons. The Kier molecular flexibility index (Phi) is 7.60. The zero-order valence-corrected chi connectivity index (χ0v) is 21.6. The van der Waals surface area contributed by atoms with Crippen LogP contribution >= 0.6 is 11.6 Å². The van der Waals surface area contributed by atoms with Crippen molar-refractivity contribution in [3.63, 3.8) is 0 Å². The molecule has 11 heteroatoms. The van der Waals surface area contributed by atoms with E-state index in [1.165, 1.54) is 18.2 Å². The van der Waals surface area contributed by atoms with E-state index in [-0.39, 0.29) is 37.2 Å². The van der Waals surface area contributed by atoms with Crippen LogP contribution < -0.4 is 9.46 Å². The summed E-state index contributed by atoms with van der Waals surface area (Å²) in [5, 5.41) is 0.306. The Labute approximate surface area is 213 Å². The maximum absolute atomic E-state index is 15.6. The van der Waals surface area contributed by atoms with E-state index in [4.69, 9.17) is 16.3 Å². The molecule has 0 spiro atoms. The van der Waals surface area contributed by atoms with Crippen LogP contribution in [-0.4, -0.2) is 50.8 Å². The average molecular weight is 545 g/mol. The van der Waals surface area contributed by atoms with Gasteiger partial charge in [0.2, 0.25) is 10.0 Å². The van der Waals surface area contributed by atoms with Crippen LogP contribution in [0.2, 0.25) is 5.02 Å². The third-order valence-corrected chi connectivity index (χ3v) is 7.51. The van der Waals surface area contributed by atoms with E-state index in [9.17, 15) is 22.0 Å². The predicted octanol–water partition coefficient (Wildman–Crippen LogP) is 5.13. The fourth-order valence-corrected chi connectivity index (χ4v) is 5.18. The Morgan fingerprint density at radius 3 is 2.44 bits per heavy atom. The molecule has 2 aliphatic rings. The van der Waals surface area contributed by atoms with Crippen molar-refractivity contribution < 1.29 is 31.1 Å². The first-order valence-electron chi connectivity index (χ1n) is 11.7. The standard InChI is InChI=1S/C25H28ClF3N2O4S/c1-15(17-9-18(26)11-19(27)10-17)31-7-5-25(29,6-8-31)14-35-23-13-22(28)21(12-20(23)16-3-4-16)24(32)30-36(2,33)34/h9-13,15-16H,3-8,14H2,1-2H3,(H,30,32). The second-order valence-corrected chi connectivity index (χ2v) is 11.9. The molecule has 1 N–H and O–H groups in total. The molecule has 196 valence electrons. The Hall–Kier alpha value is -2.30. The van der Waals surface area contributed by atoms with Gasteiger partial charge < -0.3 is 4.74 Å². The van der Waals surface area contributed by atoms with Crippen molar-refractivity contribution in [3.05, 3.63) is 63.7 Å². The molecule has 0 bridgehead atoms. The number of hydrogen-bond acceptors (Lipinski definition) is 5. The van der Waals surface area contributed by atoms with Gasteiger partial charge in [0.25, 0.3) is 5.91 Å². The van der Waals surface area contributed by atoms with Crippen LogP contribution in [0.5, 0.6) is 5.75 Å². The highest BCUT2D eigenvalue weighted by Gasteiger charge is 2.38. The van der Waals surface area contributed by atoms with Crippen LogP contribution in [0.1, 0.15) is 66.1 Å². The first kappa shape index (κ1) is 26.8. The van der Waals surface area contributed by atoms with E-state index in [1.54, 1.807) is 10.8 Å². The van der Waals surface area contributed by atoms with Crippen molar-refractivity contribution in [3.8, 4) is 5.75 Å². The highest BCUT2D eigenvalue weighted by Crippen LogP contribution is 2.45. The molecule has 1 aliphatic heterocycles. The topological polar surface area (TPSA) is 75.7 Å². The molecule has 2 fully saturated rings. The van der Waals surface area contributed by atoms with Crippen LogP contribution in [0.4, 0.5) is 13.2 Å². The van der Waals surface area contributed by atoms with Gasteiger partial charge in [0, 0.05) is 30.2 Å². The SMILES string of the molecule is CC(c1cc(F)cc(Cl)c1)N1CCC(F)(COc2cc(F)c(C(=O)NS(C)(=O)=O)cc2C2CC2)CC1. The smallest absolute Gasteiger partial charge is 0.267 e. The molecule has 1 aliphatic carbocycles. The van der Waals surface area contributed by atoms with Crippen molar-refractivity contribution in [2.45, 2.75) is 50.2 Å². The number of sulfonamides is 1. The molecule has 0 aromatic heterocycles. The fraction of sp³-hybridized carbons (Fsp3) is 0.480. The van der Waals surface area contributed by atoms with E-state index in [0.29, 0.717) is 29.2 Å². The van der Waals surface area contributed by atoms with Gasteiger partial charge in [-0.05, 0) is 73.9 Å². The lowest BCUT2D eigenvalue weighted by molar-refractivity contribution is 0.00611. The van der Waals surface area contributed by atoms with Gasteiger partial charge in [-0.25, -0.2) is 26.3 Å². The van der Waals surface area contributed by atoms with Crippen molar-refractivity contribution in [2.24, 2.45) is 0 Å². The van der Waals surface area contributed by atoms with Crippen LogP contribution in [-0.2, 0) is 10.0 Å². The highest BCUT2D eigenvalue weighted by molar-refractivity contribution is 7.89. The molecule has 1 saturated carbocycles. The zero-order chi connectivity index (χ0) is 26.3.